The Morgan fingerprint density at radius 3 is 2.00 bits per heavy atom. The van der Waals surface area contributed by atoms with E-state index in [1.165, 1.54) is 38.4 Å². The average molecular weight is 312 g/mol. The van der Waals surface area contributed by atoms with Gasteiger partial charge in [0.25, 0.3) is 0 Å². The van der Waals surface area contributed by atoms with Gasteiger partial charge >= 0.3 is 100 Å². The number of aromatic nitrogens is 2. The molecule has 0 fully saturated rings. The Labute approximate surface area is 100 Å². The van der Waals surface area contributed by atoms with Crippen molar-refractivity contribution in [3.8, 4) is 0 Å². The van der Waals surface area contributed by atoms with E-state index in [0.29, 0.717) is 0 Å². The molecule has 0 bridgehead atoms. The van der Waals surface area contributed by atoms with Crippen molar-refractivity contribution in [1.29, 1.82) is 0 Å². The van der Waals surface area contributed by atoms with Crippen LogP contribution >= 0.6 is 0 Å². The molecule has 2 nitrogen and oxygen atoms in total. The molecule has 0 saturated heterocycles. The van der Waals surface area contributed by atoms with Crippen molar-refractivity contribution < 1.29 is 0 Å². The zero-order valence-electron chi connectivity index (χ0n) is 9.87. The first-order valence-electron chi connectivity index (χ1n) is 6.00. The van der Waals surface area contributed by atoms with Crippen LogP contribution < -0.4 is 3.84 Å². The summed E-state index contributed by atoms with van der Waals surface area (Å²) in [6.07, 6.45) is 9.17. The molecule has 0 saturated carbocycles. The van der Waals surface area contributed by atoms with Crippen molar-refractivity contribution >= 4 is 23.6 Å². The second kappa shape index (κ2) is 8.08. The number of rotatable bonds is 7. The molecule has 0 aliphatic heterocycles. The Bertz CT molecular complexity index is 243. The molecule has 0 amide bonds. The fourth-order valence-corrected chi connectivity index (χ4v) is 9.52. The zero-order chi connectivity index (χ0) is 10.9. The van der Waals surface area contributed by atoms with Crippen LogP contribution in [0.3, 0.4) is 0 Å². The first-order chi connectivity index (χ1) is 7.38. The van der Waals surface area contributed by atoms with Gasteiger partial charge in [-0.15, -0.1) is 0 Å². The molecule has 15 heavy (non-hydrogen) atoms. The van der Waals surface area contributed by atoms with Gasteiger partial charge in [-0.2, -0.15) is 0 Å². The number of hydrogen-bond acceptors (Lipinski definition) is 2. The van der Waals surface area contributed by atoms with Crippen LogP contribution in [0.5, 0.6) is 0 Å². The Morgan fingerprint density at radius 2 is 1.53 bits per heavy atom. The maximum absolute atomic E-state index is 4.46. The van der Waals surface area contributed by atoms with Gasteiger partial charge in [0, 0.05) is 0 Å². The van der Waals surface area contributed by atoms with E-state index in [0.717, 1.165) is 0 Å². The van der Waals surface area contributed by atoms with Gasteiger partial charge in [-0.1, -0.05) is 0 Å². The fourth-order valence-electron chi connectivity index (χ4n) is 1.61. The van der Waals surface area contributed by atoms with Crippen molar-refractivity contribution in [3.63, 3.8) is 0 Å². The zero-order valence-corrected chi connectivity index (χ0v) is 12.7. The molecule has 0 aliphatic carbocycles. The van der Waals surface area contributed by atoms with Crippen LogP contribution in [0.4, 0.5) is 0 Å². The van der Waals surface area contributed by atoms with Gasteiger partial charge in [0.15, 0.2) is 0 Å². The fraction of sp³-hybridized carbons (Fsp3) is 0.667. The first kappa shape index (κ1) is 12.9. The molecule has 0 unspecified atom stereocenters. The molecule has 83 valence electrons. The van der Waals surface area contributed by atoms with E-state index in [1.807, 2.05) is 18.5 Å². The van der Waals surface area contributed by atoms with Gasteiger partial charge in [-0.05, 0) is 0 Å². The van der Waals surface area contributed by atoms with Crippen molar-refractivity contribution in [2.24, 2.45) is 0 Å². The Morgan fingerprint density at radius 1 is 1.00 bits per heavy atom. The van der Waals surface area contributed by atoms with E-state index < -0.39 is 19.8 Å². The summed E-state index contributed by atoms with van der Waals surface area (Å²) in [6.45, 7) is 4.54. The monoisotopic (exact) mass is 313 g/mol. The molecule has 1 heterocycles. The summed E-state index contributed by atoms with van der Waals surface area (Å²) >= 11 is -1.44. The number of nitrogens with zero attached hydrogens (tertiary/aromatic N) is 2. The topological polar surface area (TPSA) is 25.8 Å². The molecule has 0 aliphatic rings. The molecule has 1 aromatic heterocycles. The maximum atomic E-state index is 4.46. The Balaban J connectivity index is 2.55. The predicted octanol–water partition coefficient (Wildman–Crippen LogP) is 2.78. The van der Waals surface area contributed by atoms with Gasteiger partial charge in [0.2, 0.25) is 0 Å². The third-order valence-electron chi connectivity index (χ3n) is 2.55. The van der Waals surface area contributed by atoms with Crippen LogP contribution in [0.15, 0.2) is 18.5 Å². The third kappa shape index (κ3) is 4.96. The van der Waals surface area contributed by atoms with Gasteiger partial charge in [-0.25, -0.2) is 0 Å². The van der Waals surface area contributed by atoms with Crippen LogP contribution in [0, 0.1) is 0 Å². The predicted molar refractivity (Wildman–Crippen MR) is 66.9 cm³/mol. The standard InChI is InChI=1S/C4H3N2.2C4H9.Sn/c1-2-5-4-6-3-1;2*1-3-4-2;/h1-3H;2*1,3-4H2,2H3;. The summed E-state index contributed by atoms with van der Waals surface area (Å²) in [5.74, 6) is 0. The summed E-state index contributed by atoms with van der Waals surface area (Å²) in [5, 5.41) is 0. The Hall–Kier alpha value is -0.121. The Kier molecular flexibility index (Phi) is 6.97. The van der Waals surface area contributed by atoms with Crippen LogP contribution in [0.2, 0.25) is 8.87 Å². The van der Waals surface area contributed by atoms with Crippen LogP contribution in [-0.4, -0.2) is 29.7 Å². The van der Waals surface area contributed by atoms with Crippen molar-refractivity contribution in [2.45, 2.75) is 48.4 Å². The molecular formula is C12H21N2Sn. The van der Waals surface area contributed by atoms with Gasteiger partial charge in [-0.3, -0.25) is 0 Å². The second-order valence-electron chi connectivity index (χ2n) is 3.88. The van der Waals surface area contributed by atoms with Gasteiger partial charge < -0.3 is 0 Å². The molecule has 3 heteroatoms. The SMILES string of the molecule is CCC[CH2][Sn]([CH2]CCC)[c]1ncccn1. The minimum atomic E-state index is -1.44. The van der Waals surface area contributed by atoms with Gasteiger partial charge in [0.1, 0.15) is 0 Å². The van der Waals surface area contributed by atoms with Crippen molar-refractivity contribution in [3.05, 3.63) is 18.5 Å². The van der Waals surface area contributed by atoms with E-state index in [-0.39, 0.29) is 0 Å². The molecule has 0 spiro atoms. The van der Waals surface area contributed by atoms with E-state index >= 15 is 0 Å². The average Bonchev–Trinajstić information content (AvgIpc) is 2.30. The second-order valence-corrected chi connectivity index (χ2v) is 11.5. The normalized spacial score (nSPS) is 10.9. The number of unbranched alkanes of at least 4 members (excludes halogenated alkanes) is 2. The molecule has 1 rings (SSSR count). The van der Waals surface area contributed by atoms with Crippen LogP contribution in [-0.2, 0) is 0 Å². The molecule has 0 N–H and O–H groups in total. The molecular weight excluding hydrogens is 291 g/mol. The molecule has 0 atom stereocenters. The minimum absolute atomic E-state index is 1.24. The number of hydrogen-bond donors (Lipinski definition) is 0. The molecule has 0 aromatic carbocycles. The van der Waals surface area contributed by atoms with E-state index in [9.17, 15) is 0 Å². The summed E-state index contributed by atoms with van der Waals surface area (Å²) in [6, 6.07) is 1.92. The van der Waals surface area contributed by atoms with Crippen LogP contribution in [0.25, 0.3) is 0 Å². The molecule has 1 radical (unpaired) electrons. The summed E-state index contributed by atoms with van der Waals surface area (Å²) in [4.78, 5) is 8.92. The third-order valence-corrected chi connectivity index (χ3v) is 10.6. The quantitative estimate of drug-likeness (QED) is 0.724. The van der Waals surface area contributed by atoms with Crippen molar-refractivity contribution in [1.82, 2.24) is 9.97 Å². The van der Waals surface area contributed by atoms with E-state index in [1.54, 1.807) is 0 Å². The first-order valence-corrected chi connectivity index (χ1v) is 11.5. The summed E-state index contributed by atoms with van der Waals surface area (Å²) in [7, 11) is 0. The van der Waals surface area contributed by atoms with E-state index in [4.69, 9.17) is 0 Å². The van der Waals surface area contributed by atoms with Gasteiger partial charge in [0.05, 0.1) is 0 Å². The molecule has 1 aromatic rings. The van der Waals surface area contributed by atoms with E-state index in [2.05, 4.69) is 23.8 Å². The van der Waals surface area contributed by atoms with Crippen LogP contribution in [0.1, 0.15) is 39.5 Å². The summed E-state index contributed by atoms with van der Waals surface area (Å²) in [5.41, 5.74) is 0. The van der Waals surface area contributed by atoms with Crippen molar-refractivity contribution in [2.75, 3.05) is 0 Å². The summed E-state index contributed by atoms with van der Waals surface area (Å²) < 4.78 is 4.10.